The van der Waals surface area contributed by atoms with Crippen molar-refractivity contribution in [3.63, 3.8) is 0 Å². The van der Waals surface area contributed by atoms with Gasteiger partial charge in [-0.2, -0.15) is 0 Å². The molecule has 0 spiro atoms. The van der Waals surface area contributed by atoms with Crippen LogP contribution < -0.4 is 21.9 Å². The van der Waals surface area contributed by atoms with E-state index in [1.807, 2.05) is 46.8 Å². The maximum atomic E-state index is 13.5. The van der Waals surface area contributed by atoms with Crippen LogP contribution in [0.25, 0.3) is 16.7 Å². The zero-order chi connectivity index (χ0) is 26.9. The minimum absolute atomic E-state index is 0.0280. The molecule has 2 aromatic heterocycles. The van der Waals surface area contributed by atoms with Crippen LogP contribution in [0.5, 0.6) is 0 Å². The summed E-state index contributed by atoms with van der Waals surface area (Å²) in [5.74, 6) is -0.498. The molecule has 0 aliphatic carbocycles. The molecule has 0 saturated heterocycles. The van der Waals surface area contributed by atoms with E-state index in [0.717, 1.165) is 16.7 Å². The highest BCUT2D eigenvalue weighted by Crippen LogP contribution is 2.16. The van der Waals surface area contributed by atoms with Gasteiger partial charge in [0, 0.05) is 23.8 Å². The third-order valence-electron chi connectivity index (χ3n) is 6.21. The van der Waals surface area contributed by atoms with Crippen molar-refractivity contribution in [2.75, 3.05) is 5.32 Å². The fourth-order valence-corrected chi connectivity index (χ4v) is 4.07. The van der Waals surface area contributed by atoms with Crippen LogP contribution in [-0.4, -0.2) is 36.6 Å². The molecule has 2 aromatic carbocycles. The highest BCUT2D eigenvalue weighted by molar-refractivity contribution is 5.98. The maximum Gasteiger partial charge on any atom is 0.352 e. The number of benzene rings is 2. The van der Waals surface area contributed by atoms with E-state index in [-0.39, 0.29) is 41.3 Å². The number of amides is 2. The van der Waals surface area contributed by atoms with Crippen LogP contribution >= 0.6 is 0 Å². The number of hydrogen-bond donors (Lipinski definition) is 2. The third-order valence-corrected chi connectivity index (χ3v) is 6.21. The normalized spacial score (nSPS) is 12.3. The zero-order valence-electron chi connectivity index (χ0n) is 21.7. The number of anilines is 1. The van der Waals surface area contributed by atoms with E-state index in [9.17, 15) is 19.2 Å². The topological polar surface area (TPSA) is 120 Å². The molecular formula is C27H32N6O4. The maximum absolute atomic E-state index is 13.5. The molecule has 0 bridgehead atoms. The van der Waals surface area contributed by atoms with Gasteiger partial charge in [-0.15, -0.1) is 5.10 Å². The van der Waals surface area contributed by atoms with Gasteiger partial charge < -0.3 is 10.6 Å². The Morgan fingerprint density at radius 3 is 2.38 bits per heavy atom. The van der Waals surface area contributed by atoms with Gasteiger partial charge in [-0.25, -0.2) is 13.9 Å². The van der Waals surface area contributed by atoms with E-state index in [1.54, 1.807) is 24.3 Å². The van der Waals surface area contributed by atoms with Crippen LogP contribution in [-0.2, 0) is 17.9 Å². The Hall–Kier alpha value is -4.21. The molecule has 194 valence electrons. The lowest BCUT2D eigenvalue weighted by Crippen LogP contribution is -2.32. The highest BCUT2D eigenvalue weighted by atomic mass is 16.2. The first kappa shape index (κ1) is 25.9. The number of nitrogens with zero attached hydrogens (tertiary/aromatic N) is 4. The van der Waals surface area contributed by atoms with Gasteiger partial charge in [0.15, 0.2) is 0 Å². The number of fused-ring (bicyclic) bond motifs is 3. The summed E-state index contributed by atoms with van der Waals surface area (Å²) in [6, 6.07) is 11.9. The van der Waals surface area contributed by atoms with Crippen LogP contribution in [0.4, 0.5) is 5.69 Å². The van der Waals surface area contributed by atoms with Gasteiger partial charge in [-0.05, 0) is 56.5 Å². The molecule has 0 fully saturated rings. The first-order valence-electron chi connectivity index (χ1n) is 12.4. The predicted molar refractivity (Wildman–Crippen MR) is 143 cm³/mol. The third kappa shape index (κ3) is 5.32. The quantitative estimate of drug-likeness (QED) is 0.382. The Balaban J connectivity index is 1.83. The average molecular weight is 505 g/mol. The van der Waals surface area contributed by atoms with Crippen molar-refractivity contribution < 1.29 is 9.59 Å². The molecule has 4 rings (SSSR count). The highest BCUT2D eigenvalue weighted by Gasteiger charge is 2.21. The van der Waals surface area contributed by atoms with Crippen molar-refractivity contribution in [3.8, 4) is 0 Å². The van der Waals surface area contributed by atoms with Gasteiger partial charge in [0.2, 0.25) is 11.7 Å². The number of aromatic nitrogens is 4. The van der Waals surface area contributed by atoms with Gasteiger partial charge in [0.1, 0.15) is 6.54 Å². The summed E-state index contributed by atoms with van der Waals surface area (Å²) in [4.78, 5) is 52.4. The molecule has 2 amide bonds. The summed E-state index contributed by atoms with van der Waals surface area (Å²) < 4.78 is 3.79. The molecule has 1 unspecified atom stereocenters. The molecule has 0 aliphatic heterocycles. The molecule has 37 heavy (non-hydrogen) atoms. The first-order chi connectivity index (χ1) is 17.6. The van der Waals surface area contributed by atoms with Crippen molar-refractivity contribution in [1.82, 2.24) is 24.1 Å². The number of rotatable bonds is 8. The Bertz CT molecular complexity index is 1590. The molecule has 2 N–H and O–H groups in total. The van der Waals surface area contributed by atoms with E-state index >= 15 is 0 Å². The SMILES string of the molecule is CCC(C)NC(=O)c1ccc2c(=O)n(CC(C)C)c3nn(CC(=O)Nc4ccc(C)cc4)c(=O)n3c2c1. The minimum atomic E-state index is -0.573. The number of hydrogen-bond acceptors (Lipinski definition) is 5. The second-order valence-corrected chi connectivity index (χ2v) is 9.81. The lowest BCUT2D eigenvalue weighted by Gasteiger charge is -2.14. The predicted octanol–water partition coefficient (Wildman–Crippen LogP) is 2.94. The number of aryl methyl sites for hydroxylation is 1. The molecule has 10 nitrogen and oxygen atoms in total. The van der Waals surface area contributed by atoms with Crippen LogP contribution in [0.2, 0.25) is 0 Å². The van der Waals surface area contributed by atoms with E-state index in [1.165, 1.54) is 15.0 Å². The van der Waals surface area contributed by atoms with E-state index in [4.69, 9.17) is 0 Å². The van der Waals surface area contributed by atoms with Crippen molar-refractivity contribution in [3.05, 3.63) is 74.4 Å². The molecule has 4 aromatic rings. The van der Waals surface area contributed by atoms with E-state index < -0.39 is 11.6 Å². The van der Waals surface area contributed by atoms with Crippen LogP contribution in [0, 0.1) is 12.8 Å². The fraction of sp³-hybridized carbons (Fsp3) is 0.370. The monoisotopic (exact) mass is 504 g/mol. The van der Waals surface area contributed by atoms with Crippen LogP contribution in [0.1, 0.15) is 50.0 Å². The Labute approximate surface area is 213 Å². The first-order valence-corrected chi connectivity index (χ1v) is 12.4. The van der Waals surface area contributed by atoms with Gasteiger partial charge in [-0.1, -0.05) is 38.5 Å². The Kier molecular flexibility index (Phi) is 7.28. The van der Waals surface area contributed by atoms with Crippen molar-refractivity contribution in [1.29, 1.82) is 0 Å². The molecule has 0 saturated carbocycles. The van der Waals surface area contributed by atoms with E-state index in [0.29, 0.717) is 23.2 Å². The van der Waals surface area contributed by atoms with Gasteiger partial charge in [0.25, 0.3) is 11.5 Å². The lowest BCUT2D eigenvalue weighted by molar-refractivity contribution is -0.117. The van der Waals surface area contributed by atoms with Gasteiger partial charge in [0.05, 0.1) is 10.9 Å². The summed E-state index contributed by atoms with van der Waals surface area (Å²) in [5.41, 5.74) is 1.37. The minimum Gasteiger partial charge on any atom is -0.350 e. The van der Waals surface area contributed by atoms with Crippen LogP contribution in [0.3, 0.4) is 0 Å². The van der Waals surface area contributed by atoms with Gasteiger partial charge >= 0.3 is 5.69 Å². The molecular weight excluding hydrogens is 472 g/mol. The van der Waals surface area contributed by atoms with Crippen LogP contribution in [0.15, 0.2) is 52.1 Å². The molecule has 0 radical (unpaired) electrons. The lowest BCUT2D eigenvalue weighted by atomic mass is 10.1. The largest absolute Gasteiger partial charge is 0.352 e. The summed E-state index contributed by atoms with van der Waals surface area (Å²) in [7, 11) is 0. The van der Waals surface area contributed by atoms with Crippen molar-refractivity contribution in [2.45, 2.75) is 60.2 Å². The second kappa shape index (κ2) is 10.4. The summed E-state index contributed by atoms with van der Waals surface area (Å²) in [6.45, 7) is 9.73. The zero-order valence-corrected chi connectivity index (χ0v) is 21.7. The van der Waals surface area contributed by atoms with Gasteiger partial charge in [-0.3, -0.25) is 19.0 Å². The smallest absolute Gasteiger partial charge is 0.350 e. The second-order valence-electron chi connectivity index (χ2n) is 9.81. The molecule has 2 heterocycles. The summed E-state index contributed by atoms with van der Waals surface area (Å²) in [6.07, 6.45) is 0.764. The standard InChI is InChI=1S/C27H32N6O4/c1-6-18(5)28-24(35)19-9-12-21-22(13-19)33-26(31(25(21)36)14-16(2)3)30-32(27(33)37)15-23(34)29-20-10-7-17(4)8-11-20/h7-13,16,18H,6,14-15H2,1-5H3,(H,28,35)(H,29,34). The summed E-state index contributed by atoms with van der Waals surface area (Å²) in [5, 5.41) is 10.3. The molecule has 0 aliphatic rings. The summed E-state index contributed by atoms with van der Waals surface area (Å²) >= 11 is 0. The van der Waals surface area contributed by atoms with E-state index in [2.05, 4.69) is 15.7 Å². The number of carbonyl (C=O) groups excluding carboxylic acids is 2. The number of carbonyl (C=O) groups is 2. The Morgan fingerprint density at radius 2 is 1.73 bits per heavy atom. The molecule has 10 heteroatoms. The Morgan fingerprint density at radius 1 is 1.03 bits per heavy atom. The number of nitrogens with one attached hydrogen (secondary N) is 2. The van der Waals surface area contributed by atoms with Crippen molar-refractivity contribution in [2.24, 2.45) is 5.92 Å². The molecule has 1 atom stereocenters. The average Bonchev–Trinajstić information content (AvgIpc) is 3.18. The fourth-order valence-electron chi connectivity index (χ4n) is 4.07. The van der Waals surface area contributed by atoms with Crippen molar-refractivity contribution >= 4 is 34.2 Å².